The summed E-state index contributed by atoms with van der Waals surface area (Å²) in [4.78, 5) is 23.8. The summed E-state index contributed by atoms with van der Waals surface area (Å²) in [6, 6.07) is 0. The molecule has 41 heavy (non-hydrogen) atoms. The van der Waals surface area contributed by atoms with Crippen LogP contribution in [-0.2, 0) is 19.1 Å². The zero-order chi connectivity index (χ0) is 30.2. The van der Waals surface area contributed by atoms with Gasteiger partial charge in [0.2, 0.25) is 0 Å². The Morgan fingerprint density at radius 1 is 0.439 bits per heavy atom. The third-order valence-corrected chi connectivity index (χ3v) is 8.87. The second-order valence-corrected chi connectivity index (χ2v) is 14.2. The standard InChI is InChI=1S/C36H70O4S/c1-33(2)25-19-15-11-7-5-9-13-17-21-29-39-35(37)27-23-31-41-32-24-28-36(38)40-30-22-18-14-10-6-8-12-16-20-26-34(3)4/h33-34H,5-32H2,1-4H3. The number of hydrogen-bond acceptors (Lipinski definition) is 5. The Bertz CT molecular complexity index is 516. The average molecular weight is 599 g/mol. The molecule has 0 rings (SSSR count). The first-order chi connectivity index (χ1) is 19.9. The predicted molar refractivity (Wildman–Crippen MR) is 180 cm³/mol. The first-order valence-corrected chi connectivity index (χ1v) is 19.0. The van der Waals surface area contributed by atoms with Gasteiger partial charge in [-0.25, -0.2) is 0 Å². The van der Waals surface area contributed by atoms with Gasteiger partial charge in [0.15, 0.2) is 0 Å². The van der Waals surface area contributed by atoms with E-state index >= 15 is 0 Å². The van der Waals surface area contributed by atoms with Crippen molar-refractivity contribution < 1.29 is 19.1 Å². The molecule has 0 fully saturated rings. The van der Waals surface area contributed by atoms with E-state index < -0.39 is 0 Å². The van der Waals surface area contributed by atoms with Crippen molar-refractivity contribution in [3.63, 3.8) is 0 Å². The highest BCUT2D eigenvalue weighted by Gasteiger charge is 2.05. The number of thioether (sulfide) groups is 1. The maximum Gasteiger partial charge on any atom is 0.305 e. The van der Waals surface area contributed by atoms with Gasteiger partial charge in [-0.05, 0) is 49.0 Å². The van der Waals surface area contributed by atoms with Gasteiger partial charge < -0.3 is 9.47 Å². The lowest BCUT2D eigenvalue weighted by Gasteiger charge is -2.06. The maximum atomic E-state index is 11.9. The molecule has 0 aromatic rings. The smallest absolute Gasteiger partial charge is 0.305 e. The minimum absolute atomic E-state index is 0.0623. The Balaban J connectivity index is 3.27. The third-order valence-electron chi connectivity index (χ3n) is 7.72. The number of hydrogen-bond donors (Lipinski definition) is 0. The van der Waals surface area contributed by atoms with E-state index in [-0.39, 0.29) is 11.9 Å². The quantitative estimate of drug-likeness (QED) is 0.0569. The monoisotopic (exact) mass is 598 g/mol. The molecule has 244 valence electrons. The van der Waals surface area contributed by atoms with E-state index in [0.29, 0.717) is 26.1 Å². The fraction of sp³-hybridized carbons (Fsp3) is 0.944. The van der Waals surface area contributed by atoms with Crippen molar-refractivity contribution in [2.75, 3.05) is 24.7 Å². The molecular formula is C36H70O4S. The molecule has 0 atom stereocenters. The minimum atomic E-state index is -0.0623. The van der Waals surface area contributed by atoms with Crippen LogP contribution in [0.2, 0.25) is 0 Å². The third kappa shape index (κ3) is 35.4. The molecule has 0 saturated carbocycles. The Kier molecular flexibility index (Phi) is 31.7. The van der Waals surface area contributed by atoms with E-state index in [1.165, 1.54) is 103 Å². The highest BCUT2D eigenvalue weighted by Crippen LogP contribution is 2.15. The van der Waals surface area contributed by atoms with Gasteiger partial charge in [-0.1, -0.05) is 143 Å². The number of rotatable bonds is 32. The average Bonchev–Trinajstić information content (AvgIpc) is 2.93. The van der Waals surface area contributed by atoms with E-state index in [0.717, 1.165) is 61.9 Å². The van der Waals surface area contributed by atoms with Crippen molar-refractivity contribution in [2.24, 2.45) is 11.8 Å². The second kappa shape index (κ2) is 32.2. The lowest BCUT2D eigenvalue weighted by molar-refractivity contribution is -0.144. The summed E-state index contributed by atoms with van der Waals surface area (Å²) in [7, 11) is 0. The SMILES string of the molecule is CC(C)CCCCCCCCCCCOC(=O)CCCSCCCC(=O)OCCCCCCCCCCCC(C)C. The fourth-order valence-corrected chi connectivity index (χ4v) is 5.94. The highest BCUT2D eigenvalue weighted by molar-refractivity contribution is 7.99. The van der Waals surface area contributed by atoms with Crippen LogP contribution in [0.15, 0.2) is 0 Å². The highest BCUT2D eigenvalue weighted by atomic mass is 32.2. The molecule has 0 spiro atoms. The number of unbranched alkanes of at least 4 members (excludes halogenated alkanes) is 16. The molecule has 0 aliphatic rings. The van der Waals surface area contributed by atoms with Crippen LogP contribution in [0, 0.1) is 11.8 Å². The van der Waals surface area contributed by atoms with Gasteiger partial charge in [0.1, 0.15) is 0 Å². The molecule has 0 saturated heterocycles. The number of esters is 2. The predicted octanol–water partition coefficient (Wildman–Crippen LogP) is 11.5. The van der Waals surface area contributed by atoms with E-state index in [1.807, 2.05) is 11.8 Å². The number of carbonyl (C=O) groups excluding carboxylic acids is 2. The van der Waals surface area contributed by atoms with Gasteiger partial charge in [-0.15, -0.1) is 0 Å². The zero-order valence-corrected chi connectivity index (χ0v) is 28.8. The van der Waals surface area contributed by atoms with E-state index in [2.05, 4.69) is 27.7 Å². The molecule has 0 radical (unpaired) electrons. The number of carbonyl (C=O) groups is 2. The van der Waals surface area contributed by atoms with Crippen LogP contribution in [0.4, 0.5) is 0 Å². The van der Waals surface area contributed by atoms with Gasteiger partial charge in [-0.3, -0.25) is 9.59 Å². The summed E-state index contributed by atoms with van der Waals surface area (Å²) in [5, 5.41) is 0. The Hall–Kier alpha value is -0.710. The molecule has 0 aromatic heterocycles. The normalized spacial score (nSPS) is 11.5. The summed E-state index contributed by atoms with van der Waals surface area (Å²) < 4.78 is 10.8. The van der Waals surface area contributed by atoms with E-state index in [1.54, 1.807) is 0 Å². The summed E-state index contributed by atoms with van der Waals surface area (Å²) in [5.74, 6) is 3.45. The molecule has 0 heterocycles. The summed E-state index contributed by atoms with van der Waals surface area (Å²) in [6.07, 6.45) is 28.6. The number of ether oxygens (including phenoxy) is 2. The fourth-order valence-electron chi connectivity index (χ4n) is 5.04. The molecule has 0 aromatic carbocycles. The largest absolute Gasteiger partial charge is 0.466 e. The molecular weight excluding hydrogens is 528 g/mol. The van der Waals surface area contributed by atoms with Crippen molar-refractivity contribution in [2.45, 2.75) is 182 Å². The lowest BCUT2D eigenvalue weighted by Crippen LogP contribution is -2.07. The molecule has 0 aliphatic heterocycles. The van der Waals surface area contributed by atoms with Gasteiger partial charge in [-0.2, -0.15) is 11.8 Å². The Labute approximate surface area is 260 Å². The minimum Gasteiger partial charge on any atom is -0.466 e. The molecule has 5 heteroatoms. The molecule has 0 N–H and O–H groups in total. The van der Waals surface area contributed by atoms with Crippen LogP contribution in [0.1, 0.15) is 182 Å². The molecule has 0 bridgehead atoms. The Morgan fingerprint density at radius 3 is 1.05 bits per heavy atom. The van der Waals surface area contributed by atoms with Gasteiger partial charge in [0.25, 0.3) is 0 Å². The summed E-state index contributed by atoms with van der Waals surface area (Å²) in [5.41, 5.74) is 0. The lowest BCUT2D eigenvalue weighted by atomic mass is 10.0. The summed E-state index contributed by atoms with van der Waals surface area (Å²) in [6.45, 7) is 10.4. The van der Waals surface area contributed by atoms with Crippen molar-refractivity contribution in [1.82, 2.24) is 0 Å². The van der Waals surface area contributed by atoms with Crippen molar-refractivity contribution >= 4 is 23.7 Å². The van der Waals surface area contributed by atoms with Crippen molar-refractivity contribution in [1.29, 1.82) is 0 Å². The van der Waals surface area contributed by atoms with E-state index in [9.17, 15) is 9.59 Å². The van der Waals surface area contributed by atoms with Crippen LogP contribution in [0.3, 0.4) is 0 Å². The van der Waals surface area contributed by atoms with Crippen LogP contribution >= 0.6 is 11.8 Å². The van der Waals surface area contributed by atoms with Gasteiger partial charge in [0, 0.05) is 12.8 Å². The topological polar surface area (TPSA) is 52.6 Å². The van der Waals surface area contributed by atoms with E-state index in [4.69, 9.17) is 9.47 Å². The second-order valence-electron chi connectivity index (χ2n) is 13.0. The van der Waals surface area contributed by atoms with Gasteiger partial charge in [0.05, 0.1) is 13.2 Å². The van der Waals surface area contributed by atoms with Crippen LogP contribution in [-0.4, -0.2) is 36.7 Å². The first-order valence-electron chi connectivity index (χ1n) is 17.8. The molecule has 0 aliphatic carbocycles. The van der Waals surface area contributed by atoms with Crippen molar-refractivity contribution in [3.05, 3.63) is 0 Å². The Morgan fingerprint density at radius 2 is 0.732 bits per heavy atom. The van der Waals surface area contributed by atoms with Crippen LogP contribution < -0.4 is 0 Å². The van der Waals surface area contributed by atoms with Crippen LogP contribution in [0.25, 0.3) is 0 Å². The molecule has 0 amide bonds. The first kappa shape index (κ1) is 40.3. The molecule has 0 unspecified atom stereocenters. The van der Waals surface area contributed by atoms with Gasteiger partial charge >= 0.3 is 11.9 Å². The maximum absolute atomic E-state index is 11.9. The van der Waals surface area contributed by atoms with Crippen LogP contribution in [0.5, 0.6) is 0 Å². The zero-order valence-electron chi connectivity index (χ0n) is 28.0. The molecule has 4 nitrogen and oxygen atoms in total. The summed E-state index contributed by atoms with van der Waals surface area (Å²) >= 11 is 1.81. The van der Waals surface area contributed by atoms with Crippen molar-refractivity contribution in [3.8, 4) is 0 Å².